The highest BCUT2D eigenvalue weighted by molar-refractivity contribution is 7.16. The lowest BCUT2D eigenvalue weighted by Crippen LogP contribution is -2.35. The zero-order chi connectivity index (χ0) is 12.4. The van der Waals surface area contributed by atoms with Gasteiger partial charge in [-0.1, -0.05) is 30.4 Å². The van der Waals surface area contributed by atoms with Crippen molar-refractivity contribution in [3.63, 3.8) is 0 Å². The van der Waals surface area contributed by atoms with Crippen molar-refractivity contribution in [3.05, 3.63) is 33.4 Å². The van der Waals surface area contributed by atoms with Gasteiger partial charge in [0.25, 0.3) is 5.91 Å². The smallest absolute Gasteiger partial charge is 0.293 e. The standard InChI is InChI=1S/C11H13N3O2S/c1-2-7-4-3-5-8-10(7)14(11(16)17-8)6-9(15)13-12/h3-5H,2,6,12H2,1H3,(H,13,15). The molecule has 0 spiro atoms. The second-order valence-corrected chi connectivity index (χ2v) is 4.63. The molecule has 0 aliphatic carbocycles. The Morgan fingerprint density at radius 3 is 2.94 bits per heavy atom. The third-order valence-corrected chi connectivity index (χ3v) is 3.56. The van der Waals surface area contributed by atoms with Gasteiger partial charge in [-0.05, 0) is 18.1 Å². The van der Waals surface area contributed by atoms with Gasteiger partial charge < -0.3 is 0 Å². The highest BCUT2D eigenvalue weighted by Crippen LogP contribution is 2.21. The number of hydrazine groups is 1. The van der Waals surface area contributed by atoms with Crippen molar-refractivity contribution in [3.8, 4) is 0 Å². The van der Waals surface area contributed by atoms with Crippen LogP contribution in [0, 0.1) is 0 Å². The molecule has 5 nitrogen and oxygen atoms in total. The number of carbonyl (C=O) groups excluding carboxylic acids is 1. The van der Waals surface area contributed by atoms with E-state index in [0.29, 0.717) is 0 Å². The summed E-state index contributed by atoms with van der Waals surface area (Å²) in [4.78, 5) is 23.0. The number of carbonyl (C=O) groups is 1. The van der Waals surface area contributed by atoms with E-state index in [2.05, 4.69) is 0 Å². The van der Waals surface area contributed by atoms with E-state index in [1.807, 2.05) is 30.5 Å². The van der Waals surface area contributed by atoms with Gasteiger partial charge in [0.1, 0.15) is 6.54 Å². The van der Waals surface area contributed by atoms with E-state index in [0.717, 1.165) is 33.5 Å². The van der Waals surface area contributed by atoms with Crippen LogP contribution < -0.4 is 16.1 Å². The molecule has 1 heterocycles. The Bertz CT molecular complexity index is 615. The number of benzene rings is 1. The van der Waals surface area contributed by atoms with Gasteiger partial charge in [-0.25, -0.2) is 5.84 Å². The van der Waals surface area contributed by atoms with Crippen LogP contribution in [0.5, 0.6) is 0 Å². The van der Waals surface area contributed by atoms with Crippen LogP contribution >= 0.6 is 11.3 Å². The molecule has 0 fully saturated rings. The number of thiazole rings is 1. The van der Waals surface area contributed by atoms with Crippen LogP contribution in [0.4, 0.5) is 0 Å². The maximum absolute atomic E-state index is 11.8. The van der Waals surface area contributed by atoms with Crippen molar-refractivity contribution in [2.75, 3.05) is 0 Å². The molecule has 2 aromatic rings. The summed E-state index contributed by atoms with van der Waals surface area (Å²) in [5, 5.41) is 0. The maximum atomic E-state index is 11.8. The van der Waals surface area contributed by atoms with Gasteiger partial charge in [0.2, 0.25) is 0 Å². The molecule has 17 heavy (non-hydrogen) atoms. The minimum Gasteiger partial charge on any atom is -0.293 e. The summed E-state index contributed by atoms with van der Waals surface area (Å²) in [5.41, 5.74) is 3.94. The molecular formula is C11H13N3O2S. The molecule has 0 atom stereocenters. The Kier molecular flexibility index (Phi) is 3.26. The Labute approximate surface area is 102 Å². The Hall–Kier alpha value is -1.66. The Morgan fingerprint density at radius 1 is 1.53 bits per heavy atom. The van der Waals surface area contributed by atoms with Gasteiger partial charge in [-0.15, -0.1) is 0 Å². The number of hydrogen-bond donors (Lipinski definition) is 2. The van der Waals surface area contributed by atoms with Crippen LogP contribution in [-0.4, -0.2) is 10.5 Å². The van der Waals surface area contributed by atoms with E-state index >= 15 is 0 Å². The van der Waals surface area contributed by atoms with Gasteiger partial charge in [0.15, 0.2) is 0 Å². The lowest BCUT2D eigenvalue weighted by molar-refractivity contribution is -0.121. The molecule has 0 unspecified atom stereocenters. The first-order chi connectivity index (χ1) is 8.17. The molecule has 1 amide bonds. The largest absolute Gasteiger partial charge is 0.308 e. The van der Waals surface area contributed by atoms with Gasteiger partial charge in [0.05, 0.1) is 10.2 Å². The number of para-hydroxylation sites is 1. The van der Waals surface area contributed by atoms with Crippen molar-refractivity contribution in [1.82, 2.24) is 9.99 Å². The lowest BCUT2D eigenvalue weighted by atomic mass is 10.1. The fourth-order valence-corrected chi connectivity index (χ4v) is 2.75. The van der Waals surface area contributed by atoms with Crippen LogP contribution in [0.1, 0.15) is 12.5 Å². The summed E-state index contributed by atoms with van der Waals surface area (Å²) < 4.78 is 2.38. The van der Waals surface area contributed by atoms with Crippen molar-refractivity contribution in [2.24, 2.45) is 5.84 Å². The van der Waals surface area contributed by atoms with Crippen molar-refractivity contribution >= 4 is 27.5 Å². The topological polar surface area (TPSA) is 77.1 Å². The van der Waals surface area contributed by atoms with E-state index < -0.39 is 0 Å². The number of aryl methyl sites for hydroxylation is 1. The predicted octanol–water partition coefficient (Wildman–Crippen LogP) is 0.615. The quantitative estimate of drug-likeness (QED) is 0.477. The van der Waals surface area contributed by atoms with Gasteiger partial charge in [0, 0.05) is 0 Å². The number of nitrogens with two attached hydrogens (primary N) is 1. The summed E-state index contributed by atoms with van der Waals surface area (Å²) in [6, 6.07) is 5.77. The minimum absolute atomic E-state index is 0.0354. The second-order valence-electron chi connectivity index (χ2n) is 3.64. The Morgan fingerprint density at radius 2 is 2.29 bits per heavy atom. The zero-order valence-corrected chi connectivity index (χ0v) is 10.2. The Balaban J connectivity index is 2.64. The molecule has 1 aromatic carbocycles. The second kappa shape index (κ2) is 4.68. The molecule has 1 aromatic heterocycles. The molecule has 0 radical (unpaired) electrons. The molecular weight excluding hydrogens is 238 g/mol. The number of nitrogens with one attached hydrogen (secondary N) is 1. The maximum Gasteiger partial charge on any atom is 0.308 e. The fourth-order valence-electron chi connectivity index (χ4n) is 1.82. The van der Waals surface area contributed by atoms with Gasteiger partial charge in [-0.2, -0.15) is 0 Å². The van der Waals surface area contributed by atoms with Gasteiger partial charge >= 0.3 is 4.87 Å². The molecule has 6 heteroatoms. The SMILES string of the molecule is CCc1cccc2sc(=O)n(CC(=O)NN)c12. The zero-order valence-electron chi connectivity index (χ0n) is 9.40. The van der Waals surface area contributed by atoms with Crippen molar-refractivity contribution in [1.29, 1.82) is 0 Å². The highest BCUT2D eigenvalue weighted by atomic mass is 32.1. The molecule has 90 valence electrons. The first-order valence-electron chi connectivity index (χ1n) is 5.28. The first-order valence-corrected chi connectivity index (χ1v) is 6.09. The summed E-state index contributed by atoms with van der Waals surface area (Å²) in [6.07, 6.45) is 0.817. The third-order valence-electron chi connectivity index (χ3n) is 2.61. The number of rotatable bonds is 3. The molecule has 0 saturated carbocycles. The van der Waals surface area contributed by atoms with Crippen molar-refractivity contribution in [2.45, 2.75) is 19.9 Å². The van der Waals surface area contributed by atoms with E-state index in [1.54, 1.807) is 0 Å². The molecule has 3 N–H and O–H groups in total. The van der Waals surface area contributed by atoms with E-state index in [-0.39, 0.29) is 17.3 Å². The number of amides is 1. The molecule has 0 aliphatic heterocycles. The third kappa shape index (κ3) is 2.09. The fraction of sp³-hybridized carbons (Fsp3) is 0.273. The minimum atomic E-state index is -0.377. The number of aromatic nitrogens is 1. The van der Waals surface area contributed by atoms with Crippen LogP contribution in [0.25, 0.3) is 10.2 Å². The summed E-state index contributed by atoms with van der Waals surface area (Å²) >= 11 is 1.15. The predicted molar refractivity (Wildman–Crippen MR) is 67.8 cm³/mol. The average molecular weight is 251 g/mol. The number of nitrogens with zero attached hydrogens (tertiary/aromatic N) is 1. The summed E-state index contributed by atoms with van der Waals surface area (Å²) in [5.74, 6) is 4.66. The number of hydrogen-bond acceptors (Lipinski definition) is 4. The van der Waals surface area contributed by atoms with E-state index in [4.69, 9.17) is 5.84 Å². The van der Waals surface area contributed by atoms with Crippen LogP contribution in [0.3, 0.4) is 0 Å². The summed E-state index contributed by atoms with van der Waals surface area (Å²) in [7, 11) is 0. The van der Waals surface area contributed by atoms with Crippen LogP contribution in [0.15, 0.2) is 23.0 Å². The first kappa shape index (κ1) is 11.8. The van der Waals surface area contributed by atoms with Crippen molar-refractivity contribution < 1.29 is 4.79 Å². The highest BCUT2D eigenvalue weighted by Gasteiger charge is 2.12. The normalized spacial score (nSPS) is 10.7. The average Bonchev–Trinajstić information content (AvgIpc) is 2.65. The van der Waals surface area contributed by atoms with E-state index in [1.165, 1.54) is 4.57 Å². The van der Waals surface area contributed by atoms with Crippen LogP contribution in [0.2, 0.25) is 0 Å². The number of fused-ring (bicyclic) bond motifs is 1. The summed E-state index contributed by atoms with van der Waals surface area (Å²) in [6.45, 7) is 1.98. The molecule has 0 bridgehead atoms. The molecule has 2 rings (SSSR count). The molecule has 0 aliphatic rings. The van der Waals surface area contributed by atoms with Gasteiger partial charge in [-0.3, -0.25) is 19.6 Å². The molecule has 0 saturated heterocycles. The van der Waals surface area contributed by atoms with Crippen LogP contribution in [-0.2, 0) is 17.8 Å². The monoisotopic (exact) mass is 251 g/mol. The van der Waals surface area contributed by atoms with E-state index in [9.17, 15) is 9.59 Å². The lowest BCUT2D eigenvalue weighted by Gasteiger charge is -2.05.